The molecule has 0 unspecified atom stereocenters. The van der Waals surface area contributed by atoms with Crippen molar-refractivity contribution in [2.24, 2.45) is 0 Å². The summed E-state index contributed by atoms with van der Waals surface area (Å²) in [6.07, 6.45) is 7.01. The lowest BCUT2D eigenvalue weighted by Gasteiger charge is -2.05. The molecule has 6 heteroatoms. The zero-order valence-corrected chi connectivity index (χ0v) is 13.0. The highest BCUT2D eigenvalue weighted by molar-refractivity contribution is 5.75. The molecule has 1 heterocycles. The summed E-state index contributed by atoms with van der Waals surface area (Å²) in [6.45, 7) is 4.91. The highest BCUT2D eigenvalue weighted by atomic mass is 16.2. The molecular weight excluding hydrogens is 268 g/mol. The van der Waals surface area contributed by atoms with Gasteiger partial charge >= 0.3 is 0 Å². The predicted octanol–water partition coefficient (Wildman–Crippen LogP) is 1.46. The van der Waals surface area contributed by atoms with E-state index in [0.717, 1.165) is 37.8 Å². The molecule has 21 heavy (non-hydrogen) atoms. The minimum atomic E-state index is 0.000558. The third-order valence-corrected chi connectivity index (χ3v) is 3.33. The van der Waals surface area contributed by atoms with E-state index in [1.54, 1.807) is 0 Å². The Morgan fingerprint density at radius 2 is 1.90 bits per heavy atom. The van der Waals surface area contributed by atoms with Crippen LogP contribution in [0.2, 0.25) is 0 Å². The molecule has 1 aromatic rings. The molecule has 0 aliphatic heterocycles. The molecule has 1 aromatic heterocycles. The Morgan fingerprint density at radius 3 is 2.57 bits per heavy atom. The maximum Gasteiger partial charge on any atom is 0.219 e. The average molecular weight is 294 g/mol. The second-order valence-corrected chi connectivity index (χ2v) is 5.27. The number of hydrogen-bond donors (Lipinski definition) is 3. The van der Waals surface area contributed by atoms with Crippen LogP contribution < -0.4 is 10.6 Å². The topological polar surface area (TPSA) is 86.9 Å². The molecule has 0 saturated heterocycles. The summed E-state index contributed by atoms with van der Waals surface area (Å²) in [6, 6.07) is 0. The Labute approximate surface area is 126 Å². The highest BCUT2D eigenvalue weighted by Crippen LogP contribution is 2.05. The first-order chi connectivity index (χ1) is 10.1. The van der Waals surface area contributed by atoms with Gasteiger partial charge in [0.1, 0.15) is 0 Å². The van der Waals surface area contributed by atoms with E-state index in [2.05, 4.69) is 20.8 Å². The van der Waals surface area contributed by atoms with Crippen molar-refractivity contribution in [3.63, 3.8) is 0 Å². The zero-order chi connectivity index (χ0) is 15.5. The normalized spacial score (nSPS) is 10.4. The first kappa shape index (κ1) is 17.2. The number of aromatic nitrogens is 2. The molecule has 0 spiro atoms. The second-order valence-electron chi connectivity index (χ2n) is 5.27. The van der Waals surface area contributed by atoms with Crippen molar-refractivity contribution in [3.8, 4) is 0 Å². The van der Waals surface area contributed by atoms with Gasteiger partial charge in [-0.1, -0.05) is 6.42 Å². The van der Waals surface area contributed by atoms with Crippen LogP contribution in [0.25, 0.3) is 0 Å². The second kappa shape index (κ2) is 9.96. The number of hydrogen-bond acceptors (Lipinski definition) is 3. The van der Waals surface area contributed by atoms with E-state index in [4.69, 9.17) is 0 Å². The molecule has 6 nitrogen and oxygen atoms in total. The Hall–Kier alpha value is -1.85. The van der Waals surface area contributed by atoms with Gasteiger partial charge in [0.2, 0.25) is 11.8 Å². The molecular formula is C15H26N4O2. The van der Waals surface area contributed by atoms with Gasteiger partial charge in [-0.05, 0) is 38.2 Å². The van der Waals surface area contributed by atoms with Gasteiger partial charge in [0, 0.05) is 32.1 Å². The fourth-order valence-electron chi connectivity index (χ4n) is 2.07. The van der Waals surface area contributed by atoms with Gasteiger partial charge in [0.15, 0.2) is 0 Å². The molecule has 2 amide bonds. The van der Waals surface area contributed by atoms with Crippen LogP contribution in [0.15, 0.2) is 6.20 Å². The maximum atomic E-state index is 11.6. The maximum absolute atomic E-state index is 11.6. The number of nitrogens with zero attached hydrogens (tertiary/aromatic N) is 1. The molecule has 0 aliphatic rings. The molecule has 118 valence electrons. The largest absolute Gasteiger partial charge is 0.356 e. The number of carbonyl (C=O) groups excluding carboxylic acids is 2. The van der Waals surface area contributed by atoms with E-state index >= 15 is 0 Å². The lowest BCUT2D eigenvalue weighted by Crippen LogP contribution is -2.24. The lowest BCUT2D eigenvalue weighted by molar-refractivity contribution is -0.121. The van der Waals surface area contributed by atoms with Gasteiger partial charge < -0.3 is 10.6 Å². The summed E-state index contributed by atoms with van der Waals surface area (Å²) in [4.78, 5) is 22.3. The molecule has 0 aromatic carbocycles. The number of aromatic amines is 1. The van der Waals surface area contributed by atoms with Crippen molar-refractivity contribution in [1.82, 2.24) is 20.8 Å². The van der Waals surface area contributed by atoms with Gasteiger partial charge in [0.05, 0.1) is 6.20 Å². The van der Waals surface area contributed by atoms with E-state index in [0.29, 0.717) is 19.5 Å². The van der Waals surface area contributed by atoms with E-state index in [9.17, 15) is 9.59 Å². The quantitative estimate of drug-likeness (QED) is 0.571. The zero-order valence-electron chi connectivity index (χ0n) is 13.0. The van der Waals surface area contributed by atoms with Gasteiger partial charge in [-0.2, -0.15) is 5.10 Å². The fourth-order valence-corrected chi connectivity index (χ4v) is 2.07. The number of aryl methyl sites for hydroxylation is 2. The predicted molar refractivity (Wildman–Crippen MR) is 81.8 cm³/mol. The van der Waals surface area contributed by atoms with Gasteiger partial charge in [-0.3, -0.25) is 14.7 Å². The van der Waals surface area contributed by atoms with Crippen molar-refractivity contribution in [2.45, 2.75) is 52.4 Å². The van der Waals surface area contributed by atoms with Crippen molar-refractivity contribution in [2.75, 3.05) is 13.1 Å². The van der Waals surface area contributed by atoms with Crippen molar-refractivity contribution < 1.29 is 9.59 Å². The summed E-state index contributed by atoms with van der Waals surface area (Å²) in [5.41, 5.74) is 2.31. The van der Waals surface area contributed by atoms with E-state index in [-0.39, 0.29) is 11.8 Å². The smallest absolute Gasteiger partial charge is 0.219 e. The van der Waals surface area contributed by atoms with E-state index < -0.39 is 0 Å². The minimum absolute atomic E-state index is 0.000558. The molecule has 0 atom stereocenters. The van der Waals surface area contributed by atoms with Crippen LogP contribution in [0.4, 0.5) is 0 Å². The number of carbonyl (C=O) groups is 2. The van der Waals surface area contributed by atoms with Crippen molar-refractivity contribution >= 4 is 11.8 Å². The Kier molecular flexibility index (Phi) is 8.16. The Morgan fingerprint density at radius 1 is 1.14 bits per heavy atom. The van der Waals surface area contributed by atoms with Gasteiger partial charge in [-0.25, -0.2) is 0 Å². The molecule has 0 fully saturated rings. The summed E-state index contributed by atoms with van der Waals surface area (Å²) in [7, 11) is 0. The highest BCUT2D eigenvalue weighted by Gasteiger charge is 2.02. The van der Waals surface area contributed by atoms with Crippen molar-refractivity contribution in [1.29, 1.82) is 0 Å². The van der Waals surface area contributed by atoms with Gasteiger partial charge in [0.25, 0.3) is 0 Å². The molecule has 3 N–H and O–H groups in total. The van der Waals surface area contributed by atoms with Crippen LogP contribution in [-0.4, -0.2) is 35.1 Å². The van der Waals surface area contributed by atoms with Crippen molar-refractivity contribution in [3.05, 3.63) is 17.5 Å². The molecule has 0 radical (unpaired) electrons. The monoisotopic (exact) mass is 294 g/mol. The summed E-state index contributed by atoms with van der Waals surface area (Å²) < 4.78 is 0. The number of H-pyrrole nitrogens is 1. The van der Waals surface area contributed by atoms with E-state index in [1.807, 2.05) is 13.1 Å². The van der Waals surface area contributed by atoms with Crippen LogP contribution in [-0.2, 0) is 16.0 Å². The molecule has 0 saturated carbocycles. The third-order valence-electron chi connectivity index (χ3n) is 3.33. The van der Waals surface area contributed by atoms with E-state index in [1.165, 1.54) is 12.5 Å². The van der Waals surface area contributed by atoms with Crippen LogP contribution in [0.1, 0.15) is 50.3 Å². The summed E-state index contributed by atoms with van der Waals surface area (Å²) in [5.74, 6) is 0.110. The number of nitrogens with one attached hydrogen (secondary N) is 3. The van der Waals surface area contributed by atoms with Crippen LogP contribution in [0.5, 0.6) is 0 Å². The van der Waals surface area contributed by atoms with Crippen LogP contribution >= 0.6 is 0 Å². The molecule has 1 rings (SSSR count). The summed E-state index contributed by atoms with van der Waals surface area (Å²) in [5, 5.41) is 12.6. The standard InChI is InChI=1S/C15H26N4O2/c1-12-14(11-18-19-12)7-6-10-17-15(21)8-4-3-5-9-16-13(2)20/h11H,3-10H2,1-2H3,(H,16,20)(H,17,21)(H,18,19). The average Bonchev–Trinajstić information content (AvgIpc) is 2.84. The minimum Gasteiger partial charge on any atom is -0.356 e. The SMILES string of the molecule is CC(=O)NCCCCCC(=O)NCCCc1cn[nH]c1C. The number of unbranched alkanes of at least 4 members (excludes halogenated alkanes) is 2. The fraction of sp³-hybridized carbons (Fsp3) is 0.667. The Bertz CT molecular complexity index is 443. The van der Waals surface area contributed by atoms with Crippen LogP contribution in [0.3, 0.4) is 0 Å². The first-order valence-electron chi connectivity index (χ1n) is 7.59. The molecule has 0 bridgehead atoms. The lowest BCUT2D eigenvalue weighted by atomic mass is 10.1. The number of amides is 2. The summed E-state index contributed by atoms with van der Waals surface area (Å²) >= 11 is 0. The van der Waals surface area contributed by atoms with Gasteiger partial charge in [-0.15, -0.1) is 0 Å². The Balaban J connectivity index is 1.94. The first-order valence-corrected chi connectivity index (χ1v) is 7.59. The molecule has 0 aliphatic carbocycles. The van der Waals surface area contributed by atoms with Crippen LogP contribution in [0, 0.1) is 6.92 Å². The third kappa shape index (κ3) is 8.12. The number of rotatable bonds is 10.